The molecule has 1 N–H and O–H groups in total. The summed E-state index contributed by atoms with van der Waals surface area (Å²) in [6, 6.07) is 5.65. The van der Waals surface area contributed by atoms with Gasteiger partial charge < -0.3 is 14.6 Å². The number of aromatic nitrogens is 3. The second-order valence-electron chi connectivity index (χ2n) is 4.75. The summed E-state index contributed by atoms with van der Waals surface area (Å²) in [6.45, 7) is 4.13. The van der Waals surface area contributed by atoms with E-state index in [-0.39, 0.29) is 0 Å². The van der Waals surface area contributed by atoms with Crippen molar-refractivity contribution in [3.05, 3.63) is 35.9 Å². The normalized spacial score (nSPS) is 14.0. The molecule has 0 aliphatic carbocycles. The zero-order valence-electron chi connectivity index (χ0n) is 11.7. The molecule has 21 heavy (non-hydrogen) atoms. The summed E-state index contributed by atoms with van der Waals surface area (Å²) in [7, 11) is 0. The summed E-state index contributed by atoms with van der Waals surface area (Å²) in [6.07, 6.45) is 1.72. The van der Waals surface area contributed by atoms with Crippen molar-refractivity contribution in [3.63, 3.8) is 0 Å². The summed E-state index contributed by atoms with van der Waals surface area (Å²) in [5.41, 5.74) is 1.15. The number of rotatable bonds is 4. The van der Waals surface area contributed by atoms with Crippen molar-refractivity contribution in [3.8, 4) is 0 Å². The summed E-state index contributed by atoms with van der Waals surface area (Å²) < 4.78 is 2.00. The highest BCUT2D eigenvalue weighted by atomic mass is 32.2. The van der Waals surface area contributed by atoms with Crippen molar-refractivity contribution >= 4 is 23.4 Å². The molecule has 0 atom stereocenters. The Hall–Kier alpha value is -2.02. The van der Waals surface area contributed by atoms with Crippen LogP contribution in [0.4, 0.5) is 5.69 Å². The van der Waals surface area contributed by atoms with Gasteiger partial charge in [-0.2, -0.15) is 0 Å². The molecule has 110 valence electrons. The molecular formula is C14H16N4O2S. The molecule has 3 rings (SSSR count). The van der Waals surface area contributed by atoms with Crippen LogP contribution in [0.5, 0.6) is 0 Å². The first-order chi connectivity index (χ1) is 10.2. The Bertz CT molecular complexity index is 671. The molecule has 2 heterocycles. The van der Waals surface area contributed by atoms with Gasteiger partial charge >= 0.3 is 5.97 Å². The van der Waals surface area contributed by atoms with Crippen LogP contribution in [0.3, 0.4) is 0 Å². The minimum atomic E-state index is -0.881. The van der Waals surface area contributed by atoms with Crippen LogP contribution in [-0.4, -0.2) is 38.1 Å². The fourth-order valence-corrected chi connectivity index (χ4v) is 3.37. The number of benzene rings is 1. The molecule has 6 nitrogen and oxygen atoms in total. The molecule has 1 aromatic carbocycles. The smallest absolute Gasteiger partial charge is 0.338 e. The molecule has 2 aromatic rings. The number of carbonyl (C=O) groups is 1. The number of hydrogen-bond donors (Lipinski definition) is 1. The number of hydrogen-bond acceptors (Lipinski definition) is 5. The zero-order chi connectivity index (χ0) is 14.8. The Morgan fingerprint density at radius 3 is 3.05 bits per heavy atom. The Kier molecular flexibility index (Phi) is 3.83. The monoisotopic (exact) mass is 304 g/mol. The van der Waals surface area contributed by atoms with Gasteiger partial charge in [-0.1, -0.05) is 13.0 Å². The fourth-order valence-electron chi connectivity index (χ4n) is 2.55. The van der Waals surface area contributed by atoms with Gasteiger partial charge in [0.05, 0.1) is 17.8 Å². The third-order valence-electron chi connectivity index (χ3n) is 3.50. The predicted octanol–water partition coefficient (Wildman–Crippen LogP) is 2.11. The van der Waals surface area contributed by atoms with E-state index in [0.29, 0.717) is 12.1 Å². The summed E-state index contributed by atoms with van der Waals surface area (Å²) in [5.74, 6) is 0.831. The van der Waals surface area contributed by atoms with Crippen molar-refractivity contribution in [2.45, 2.75) is 24.9 Å². The average molecular weight is 304 g/mol. The fraction of sp³-hybridized carbons (Fsp3) is 0.357. The van der Waals surface area contributed by atoms with Crippen molar-refractivity contribution in [2.75, 3.05) is 17.2 Å². The molecular weight excluding hydrogens is 288 g/mol. The lowest BCUT2D eigenvalue weighted by atomic mass is 10.1. The molecule has 0 unspecified atom stereocenters. The number of carboxylic acids is 1. The average Bonchev–Trinajstić information content (AvgIpc) is 2.94. The van der Waals surface area contributed by atoms with E-state index in [0.717, 1.165) is 35.2 Å². The number of fused-ring (bicyclic) bond motifs is 1. The molecule has 0 bridgehead atoms. The van der Waals surface area contributed by atoms with E-state index < -0.39 is 5.97 Å². The number of aromatic carboxylic acids is 1. The van der Waals surface area contributed by atoms with Gasteiger partial charge in [0.1, 0.15) is 6.33 Å². The molecule has 0 amide bonds. The highest BCUT2D eigenvalue weighted by Gasteiger charge is 2.24. The minimum absolute atomic E-state index is 0.386. The van der Waals surface area contributed by atoms with Gasteiger partial charge in [-0.3, -0.25) is 0 Å². The third-order valence-corrected chi connectivity index (χ3v) is 4.44. The molecule has 0 saturated heterocycles. The highest BCUT2D eigenvalue weighted by molar-refractivity contribution is 7.99. The van der Waals surface area contributed by atoms with Crippen molar-refractivity contribution in [2.24, 2.45) is 0 Å². The topological polar surface area (TPSA) is 71.2 Å². The van der Waals surface area contributed by atoms with E-state index in [4.69, 9.17) is 0 Å². The Labute approximate surface area is 126 Å². The van der Waals surface area contributed by atoms with Gasteiger partial charge in [0.25, 0.3) is 0 Å². The van der Waals surface area contributed by atoms with E-state index in [1.807, 2.05) is 29.7 Å². The van der Waals surface area contributed by atoms with Gasteiger partial charge in [-0.15, -0.1) is 22.0 Å². The van der Waals surface area contributed by atoms with Crippen LogP contribution in [0, 0.1) is 0 Å². The van der Waals surface area contributed by atoms with E-state index in [1.165, 1.54) is 0 Å². The zero-order valence-corrected chi connectivity index (χ0v) is 12.5. The van der Waals surface area contributed by atoms with Crippen LogP contribution in [0.25, 0.3) is 0 Å². The molecule has 1 aromatic heterocycles. The van der Waals surface area contributed by atoms with Crippen molar-refractivity contribution in [1.82, 2.24) is 14.8 Å². The van der Waals surface area contributed by atoms with Crippen molar-refractivity contribution < 1.29 is 9.90 Å². The van der Waals surface area contributed by atoms with Gasteiger partial charge in [0.15, 0.2) is 5.82 Å². The summed E-state index contributed by atoms with van der Waals surface area (Å²) in [5, 5.41) is 17.6. The van der Waals surface area contributed by atoms with Crippen LogP contribution in [0.2, 0.25) is 0 Å². The van der Waals surface area contributed by atoms with Crippen LogP contribution in [-0.2, 0) is 13.1 Å². The van der Waals surface area contributed by atoms with Crippen LogP contribution in [0.15, 0.2) is 29.4 Å². The van der Waals surface area contributed by atoms with Gasteiger partial charge in [-0.05, 0) is 17.9 Å². The van der Waals surface area contributed by atoms with Crippen LogP contribution in [0.1, 0.15) is 23.1 Å². The lowest BCUT2D eigenvalue weighted by Gasteiger charge is -2.30. The predicted molar refractivity (Wildman–Crippen MR) is 80.9 cm³/mol. The van der Waals surface area contributed by atoms with Crippen LogP contribution < -0.4 is 4.90 Å². The molecule has 0 radical (unpaired) electrons. The second-order valence-corrected chi connectivity index (χ2v) is 6.06. The first-order valence-electron chi connectivity index (χ1n) is 6.81. The van der Waals surface area contributed by atoms with E-state index in [1.54, 1.807) is 18.1 Å². The van der Waals surface area contributed by atoms with E-state index >= 15 is 0 Å². The molecule has 0 saturated carbocycles. The maximum Gasteiger partial charge on any atom is 0.338 e. The van der Waals surface area contributed by atoms with Crippen LogP contribution >= 0.6 is 11.8 Å². The Morgan fingerprint density at radius 1 is 1.43 bits per heavy atom. The minimum Gasteiger partial charge on any atom is -0.478 e. The lowest BCUT2D eigenvalue weighted by molar-refractivity contribution is 0.0693. The largest absolute Gasteiger partial charge is 0.478 e. The maximum absolute atomic E-state index is 11.7. The molecule has 1 aliphatic rings. The standard InChI is InChI=1S/C14H16N4O2S/c1-2-21-11-5-3-4-10(13(11)14(19)20)17-6-7-18-9-15-16-12(18)8-17/h3-5,9H,2,6-8H2,1H3,(H,19,20). The Balaban J connectivity index is 1.99. The lowest BCUT2D eigenvalue weighted by Crippen LogP contribution is -2.34. The number of carboxylic acid groups (broad SMARTS) is 1. The first-order valence-corrected chi connectivity index (χ1v) is 7.80. The highest BCUT2D eigenvalue weighted by Crippen LogP contribution is 2.32. The number of thioether (sulfide) groups is 1. The molecule has 7 heteroatoms. The molecule has 0 spiro atoms. The van der Waals surface area contributed by atoms with Crippen molar-refractivity contribution in [1.29, 1.82) is 0 Å². The number of anilines is 1. The van der Waals surface area contributed by atoms with Gasteiger partial charge in [-0.25, -0.2) is 4.79 Å². The summed E-state index contributed by atoms with van der Waals surface area (Å²) in [4.78, 5) is 14.6. The van der Waals surface area contributed by atoms with E-state index in [2.05, 4.69) is 15.1 Å². The van der Waals surface area contributed by atoms with Gasteiger partial charge in [0.2, 0.25) is 0 Å². The molecule has 1 aliphatic heterocycles. The quantitative estimate of drug-likeness (QED) is 0.872. The van der Waals surface area contributed by atoms with E-state index in [9.17, 15) is 9.90 Å². The number of nitrogens with zero attached hydrogens (tertiary/aromatic N) is 4. The van der Waals surface area contributed by atoms with Gasteiger partial charge in [0, 0.05) is 18.0 Å². The Morgan fingerprint density at radius 2 is 2.29 bits per heavy atom. The first kappa shape index (κ1) is 13.9. The molecule has 0 fully saturated rings. The SMILES string of the molecule is CCSc1cccc(N2CCn3cnnc3C2)c1C(=O)O. The third kappa shape index (κ3) is 2.61. The summed E-state index contributed by atoms with van der Waals surface area (Å²) >= 11 is 1.55. The second kappa shape index (κ2) is 5.77. The maximum atomic E-state index is 11.7.